The summed E-state index contributed by atoms with van der Waals surface area (Å²) in [5.74, 6) is 1.37. The minimum Gasteiger partial charge on any atom is -0.376 e. The summed E-state index contributed by atoms with van der Waals surface area (Å²) in [5, 5.41) is 8.40. The molecule has 1 atom stereocenters. The van der Waals surface area contributed by atoms with Crippen molar-refractivity contribution in [1.29, 1.82) is 0 Å². The minimum absolute atomic E-state index is 0.0786. The molecule has 0 radical (unpaired) electrons. The number of aromatic nitrogens is 3. The summed E-state index contributed by atoms with van der Waals surface area (Å²) in [5.41, 5.74) is 2.02. The van der Waals surface area contributed by atoms with E-state index in [1.54, 1.807) is 12.4 Å². The van der Waals surface area contributed by atoms with Gasteiger partial charge < -0.3 is 14.4 Å². The van der Waals surface area contributed by atoms with Gasteiger partial charge in [-0.15, -0.1) is 5.10 Å². The predicted octanol–water partition coefficient (Wildman–Crippen LogP) is 1.99. The highest BCUT2D eigenvalue weighted by molar-refractivity contribution is 5.43. The first kappa shape index (κ1) is 15.5. The van der Waals surface area contributed by atoms with Gasteiger partial charge in [-0.1, -0.05) is 0 Å². The van der Waals surface area contributed by atoms with Crippen molar-refractivity contribution in [2.45, 2.75) is 25.6 Å². The van der Waals surface area contributed by atoms with Crippen molar-refractivity contribution in [2.75, 3.05) is 31.2 Å². The molecule has 126 valence electrons. The number of pyridine rings is 1. The number of aryl methyl sites for hydroxylation is 1. The quantitative estimate of drug-likeness (QED) is 0.837. The Morgan fingerprint density at radius 3 is 2.79 bits per heavy atom. The molecule has 6 heteroatoms. The normalized spacial score (nSPS) is 21.9. The van der Waals surface area contributed by atoms with Crippen LogP contribution in [-0.4, -0.2) is 47.1 Å². The van der Waals surface area contributed by atoms with E-state index in [9.17, 15) is 0 Å². The first-order valence-electron chi connectivity index (χ1n) is 8.41. The van der Waals surface area contributed by atoms with E-state index in [4.69, 9.17) is 9.47 Å². The first-order chi connectivity index (χ1) is 11.8. The third kappa shape index (κ3) is 2.99. The summed E-state index contributed by atoms with van der Waals surface area (Å²) in [7, 11) is 0. The molecule has 2 fully saturated rings. The molecule has 4 rings (SSSR count). The van der Waals surface area contributed by atoms with Gasteiger partial charge in [-0.25, -0.2) is 0 Å². The van der Waals surface area contributed by atoms with Crippen molar-refractivity contribution < 1.29 is 9.47 Å². The van der Waals surface area contributed by atoms with Gasteiger partial charge in [0.05, 0.1) is 32.0 Å². The summed E-state index contributed by atoms with van der Waals surface area (Å²) < 4.78 is 12.0. The van der Waals surface area contributed by atoms with Crippen LogP contribution in [0.15, 0.2) is 36.7 Å². The van der Waals surface area contributed by atoms with Crippen LogP contribution in [0.5, 0.6) is 0 Å². The third-order valence-electron chi connectivity index (χ3n) is 4.96. The number of anilines is 1. The minimum atomic E-state index is -0.0786. The smallest absolute Gasteiger partial charge is 0.151 e. The van der Waals surface area contributed by atoms with E-state index in [0.717, 1.165) is 49.8 Å². The number of ether oxygens (including phenoxy) is 2. The Morgan fingerprint density at radius 1 is 1.21 bits per heavy atom. The van der Waals surface area contributed by atoms with Crippen LogP contribution in [-0.2, 0) is 16.1 Å². The van der Waals surface area contributed by atoms with E-state index >= 15 is 0 Å². The first-order valence-corrected chi connectivity index (χ1v) is 8.41. The molecule has 0 bridgehead atoms. The van der Waals surface area contributed by atoms with E-state index < -0.39 is 0 Å². The van der Waals surface area contributed by atoms with Crippen LogP contribution in [0.4, 0.5) is 5.82 Å². The zero-order chi connectivity index (χ0) is 16.4. The maximum absolute atomic E-state index is 6.09. The molecule has 4 heterocycles. The van der Waals surface area contributed by atoms with Crippen molar-refractivity contribution in [1.82, 2.24) is 15.2 Å². The second-order valence-electron chi connectivity index (χ2n) is 6.66. The van der Waals surface area contributed by atoms with E-state index in [1.807, 2.05) is 31.2 Å². The van der Waals surface area contributed by atoms with Gasteiger partial charge in [0.2, 0.25) is 0 Å². The second-order valence-corrected chi connectivity index (χ2v) is 6.66. The van der Waals surface area contributed by atoms with Gasteiger partial charge in [0.15, 0.2) is 5.82 Å². The Labute approximate surface area is 141 Å². The summed E-state index contributed by atoms with van der Waals surface area (Å²) in [6, 6.07) is 8.00. The zero-order valence-corrected chi connectivity index (χ0v) is 13.9. The highest BCUT2D eigenvalue weighted by Crippen LogP contribution is 2.41. The molecule has 2 saturated heterocycles. The Morgan fingerprint density at radius 2 is 2.04 bits per heavy atom. The van der Waals surface area contributed by atoms with Crippen LogP contribution >= 0.6 is 0 Å². The Kier molecular flexibility index (Phi) is 4.16. The lowest BCUT2D eigenvalue weighted by Gasteiger charge is -2.50. The Balaban J connectivity index is 1.32. The topological polar surface area (TPSA) is 60.4 Å². The fourth-order valence-corrected chi connectivity index (χ4v) is 3.49. The van der Waals surface area contributed by atoms with Crippen LogP contribution in [0.1, 0.15) is 17.7 Å². The molecule has 0 aromatic carbocycles. The van der Waals surface area contributed by atoms with Crippen LogP contribution < -0.4 is 4.90 Å². The van der Waals surface area contributed by atoms with Gasteiger partial charge in [0, 0.05) is 24.9 Å². The maximum atomic E-state index is 6.09. The Bertz CT molecular complexity index is 671. The lowest BCUT2D eigenvalue weighted by Crippen LogP contribution is -2.65. The molecule has 24 heavy (non-hydrogen) atoms. The average molecular weight is 326 g/mol. The van der Waals surface area contributed by atoms with E-state index in [2.05, 4.69) is 20.1 Å². The molecular weight excluding hydrogens is 304 g/mol. The number of hydrogen-bond donors (Lipinski definition) is 0. The Hall–Kier alpha value is -2.05. The van der Waals surface area contributed by atoms with Crippen molar-refractivity contribution in [2.24, 2.45) is 5.92 Å². The van der Waals surface area contributed by atoms with Gasteiger partial charge in [-0.2, -0.15) is 5.10 Å². The van der Waals surface area contributed by atoms with Gasteiger partial charge in [-0.3, -0.25) is 4.98 Å². The van der Waals surface area contributed by atoms with Gasteiger partial charge in [0.25, 0.3) is 0 Å². The SMILES string of the molecule is Cc1ccc(N2CC3(C2)OCCC3COCc2ccncc2)nn1. The molecular formula is C18H22N4O2. The fraction of sp³-hybridized carbons (Fsp3) is 0.500. The number of rotatable bonds is 5. The van der Waals surface area contributed by atoms with Crippen LogP contribution in [0.2, 0.25) is 0 Å². The molecule has 1 unspecified atom stereocenters. The molecule has 2 aromatic rings. The maximum Gasteiger partial charge on any atom is 0.151 e. The van der Waals surface area contributed by atoms with Gasteiger partial charge in [0.1, 0.15) is 5.60 Å². The van der Waals surface area contributed by atoms with Crippen LogP contribution in [0, 0.1) is 12.8 Å². The summed E-state index contributed by atoms with van der Waals surface area (Å²) in [4.78, 5) is 6.26. The predicted molar refractivity (Wildman–Crippen MR) is 89.7 cm³/mol. The van der Waals surface area contributed by atoms with Crippen LogP contribution in [0.3, 0.4) is 0 Å². The highest BCUT2D eigenvalue weighted by Gasteiger charge is 2.53. The number of nitrogens with zero attached hydrogens (tertiary/aromatic N) is 4. The molecule has 2 aliphatic rings. The van der Waals surface area contributed by atoms with Crippen molar-refractivity contribution in [3.05, 3.63) is 47.9 Å². The van der Waals surface area contributed by atoms with Crippen LogP contribution in [0.25, 0.3) is 0 Å². The summed E-state index contributed by atoms with van der Waals surface area (Å²) in [6.45, 7) is 5.86. The summed E-state index contributed by atoms with van der Waals surface area (Å²) >= 11 is 0. The lowest BCUT2D eigenvalue weighted by molar-refractivity contribution is -0.0655. The van der Waals surface area contributed by atoms with E-state index in [-0.39, 0.29) is 5.60 Å². The standard InChI is InChI=1S/C18H22N4O2/c1-14-2-3-17(21-20-14)22-12-18(13-22)16(6-9-24-18)11-23-10-15-4-7-19-8-5-15/h2-5,7-8,16H,6,9-13H2,1H3. The highest BCUT2D eigenvalue weighted by atomic mass is 16.5. The zero-order valence-electron chi connectivity index (χ0n) is 13.9. The van der Waals surface area contributed by atoms with Crippen molar-refractivity contribution in [3.8, 4) is 0 Å². The molecule has 0 saturated carbocycles. The lowest BCUT2D eigenvalue weighted by atomic mass is 9.81. The monoisotopic (exact) mass is 326 g/mol. The molecule has 2 aliphatic heterocycles. The molecule has 0 amide bonds. The van der Waals surface area contributed by atoms with E-state index in [1.165, 1.54) is 0 Å². The molecule has 0 aliphatic carbocycles. The molecule has 1 spiro atoms. The average Bonchev–Trinajstić information content (AvgIpc) is 2.99. The van der Waals surface area contributed by atoms with Gasteiger partial charge in [-0.05, 0) is 43.2 Å². The molecule has 6 nitrogen and oxygen atoms in total. The molecule has 0 N–H and O–H groups in total. The van der Waals surface area contributed by atoms with Crippen molar-refractivity contribution in [3.63, 3.8) is 0 Å². The fourth-order valence-electron chi connectivity index (χ4n) is 3.49. The van der Waals surface area contributed by atoms with E-state index in [0.29, 0.717) is 12.5 Å². The summed E-state index contributed by atoms with van der Waals surface area (Å²) in [6.07, 6.45) is 4.65. The largest absolute Gasteiger partial charge is 0.376 e. The second kappa shape index (κ2) is 6.45. The van der Waals surface area contributed by atoms with Crippen molar-refractivity contribution >= 4 is 5.82 Å². The van der Waals surface area contributed by atoms with Gasteiger partial charge >= 0.3 is 0 Å². The number of hydrogen-bond acceptors (Lipinski definition) is 6. The molecule has 2 aromatic heterocycles. The third-order valence-corrected chi connectivity index (χ3v) is 4.96.